The van der Waals surface area contributed by atoms with Gasteiger partial charge in [0, 0.05) is 28.0 Å². The lowest BCUT2D eigenvalue weighted by atomic mass is 10.1. The van der Waals surface area contributed by atoms with Crippen molar-refractivity contribution in [2.24, 2.45) is 7.05 Å². The third-order valence-electron chi connectivity index (χ3n) is 5.20. The number of benzene rings is 3. The topological polar surface area (TPSA) is 49.0 Å². The quantitative estimate of drug-likeness (QED) is 0.355. The van der Waals surface area contributed by atoms with Gasteiger partial charge >= 0.3 is 0 Å². The molecule has 3 aromatic carbocycles. The molecule has 5 nitrogen and oxygen atoms in total. The number of methoxy groups -OCH3 is 1. The van der Waals surface area contributed by atoms with Crippen LogP contribution < -0.4 is 10.3 Å². The first-order chi connectivity index (χ1) is 15.1. The number of nitrogens with zero attached hydrogens (tertiary/aromatic N) is 3. The van der Waals surface area contributed by atoms with Crippen molar-refractivity contribution in [3.8, 4) is 11.4 Å². The van der Waals surface area contributed by atoms with Crippen molar-refractivity contribution in [3.63, 3.8) is 0 Å². The summed E-state index contributed by atoms with van der Waals surface area (Å²) in [5.41, 5.74) is 2.57. The molecule has 0 radical (unpaired) electrons. The molecular formula is C24H18ClN3O2S. The number of ether oxygens (including phenoxy) is 1. The summed E-state index contributed by atoms with van der Waals surface area (Å²) in [5, 5.41) is 2.23. The van der Waals surface area contributed by atoms with E-state index in [4.69, 9.17) is 21.3 Å². The van der Waals surface area contributed by atoms with Gasteiger partial charge in [-0.15, -0.1) is 0 Å². The van der Waals surface area contributed by atoms with Gasteiger partial charge in [-0.05, 0) is 54.6 Å². The fraction of sp³-hybridized carbons (Fsp3) is 0.0833. The lowest BCUT2D eigenvalue weighted by Gasteiger charge is -2.12. The van der Waals surface area contributed by atoms with E-state index in [1.165, 1.54) is 11.8 Å². The normalized spacial score (nSPS) is 11.3. The second-order valence-electron chi connectivity index (χ2n) is 7.07. The summed E-state index contributed by atoms with van der Waals surface area (Å²) < 4.78 is 8.88. The van der Waals surface area contributed by atoms with Crippen LogP contribution in [0.25, 0.3) is 27.6 Å². The molecule has 0 amide bonds. The Morgan fingerprint density at radius 2 is 1.74 bits per heavy atom. The van der Waals surface area contributed by atoms with Gasteiger partial charge in [-0.1, -0.05) is 41.6 Å². The predicted octanol–water partition coefficient (Wildman–Crippen LogP) is 5.69. The molecule has 2 aromatic heterocycles. The molecular weight excluding hydrogens is 430 g/mol. The average molecular weight is 448 g/mol. The monoisotopic (exact) mass is 447 g/mol. The number of hydrogen-bond acceptors (Lipinski definition) is 4. The number of hydrogen-bond donors (Lipinski definition) is 0. The van der Waals surface area contributed by atoms with Crippen LogP contribution in [0.2, 0.25) is 5.02 Å². The van der Waals surface area contributed by atoms with Crippen molar-refractivity contribution in [2.45, 2.75) is 10.1 Å². The summed E-state index contributed by atoms with van der Waals surface area (Å²) in [7, 11) is 3.57. The molecule has 31 heavy (non-hydrogen) atoms. The maximum Gasteiger partial charge on any atom is 0.283 e. The van der Waals surface area contributed by atoms with Gasteiger partial charge < -0.3 is 9.30 Å². The Labute approximate surface area is 187 Å². The van der Waals surface area contributed by atoms with Crippen LogP contribution in [0.1, 0.15) is 0 Å². The van der Waals surface area contributed by atoms with Crippen molar-refractivity contribution in [3.05, 3.63) is 88.2 Å². The van der Waals surface area contributed by atoms with Crippen LogP contribution in [0.5, 0.6) is 5.75 Å². The first-order valence-electron chi connectivity index (χ1n) is 9.65. The van der Waals surface area contributed by atoms with Crippen LogP contribution in [0, 0.1) is 0 Å². The van der Waals surface area contributed by atoms with E-state index in [9.17, 15) is 4.79 Å². The van der Waals surface area contributed by atoms with Gasteiger partial charge in [0.25, 0.3) is 5.56 Å². The number of pyridine rings is 1. The summed E-state index contributed by atoms with van der Waals surface area (Å²) in [5.74, 6) is 0.794. The highest BCUT2D eigenvalue weighted by Crippen LogP contribution is 2.33. The van der Waals surface area contributed by atoms with E-state index in [-0.39, 0.29) is 5.56 Å². The second-order valence-corrected chi connectivity index (χ2v) is 8.54. The lowest BCUT2D eigenvalue weighted by molar-refractivity contribution is 0.414. The molecule has 154 valence electrons. The van der Waals surface area contributed by atoms with Gasteiger partial charge in [0.2, 0.25) is 0 Å². The maximum absolute atomic E-state index is 13.6. The van der Waals surface area contributed by atoms with E-state index in [0.717, 1.165) is 37.9 Å². The van der Waals surface area contributed by atoms with Crippen LogP contribution in [0.4, 0.5) is 0 Å². The fourth-order valence-corrected chi connectivity index (χ4v) is 4.73. The number of rotatable bonds is 4. The highest BCUT2D eigenvalue weighted by atomic mass is 35.5. The molecule has 0 fully saturated rings. The average Bonchev–Trinajstić information content (AvgIpc) is 3.12. The number of aromatic nitrogens is 3. The maximum atomic E-state index is 13.6. The minimum atomic E-state index is -0.173. The zero-order valence-corrected chi connectivity index (χ0v) is 18.4. The molecule has 0 spiro atoms. The van der Waals surface area contributed by atoms with Gasteiger partial charge in [0.05, 0.1) is 18.1 Å². The van der Waals surface area contributed by atoms with Crippen molar-refractivity contribution >= 4 is 45.3 Å². The van der Waals surface area contributed by atoms with Crippen LogP contribution in [-0.4, -0.2) is 21.2 Å². The van der Waals surface area contributed by atoms with Gasteiger partial charge in [0.15, 0.2) is 10.7 Å². The third-order valence-corrected chi connectivity index (χ3v) is 6.49. The van der Waals surface area contributed by atoms with Crippen molar-refractivity contribution < 1.29 is 4.74 Å². The minimum Gasteiger partial charge on any atom is -0.497 e. The molecule has 0 saturated carbocycles. The molecule has 0 N–H and O–H groups in total. The van der Waals surface area contributed by atoms with E-state index in [2.05, 4.69) is 0 Å². The van der Waals surface area contributed by atoms with Crippen LogP contribution >= 0.6 is 23.4 Å². The van der Waals surface area contributed by atoms with Gasteiger partial charge in [0.1, 0.15) is 5.75 Å². The Balaban J connectivity index is 1.77. The largest absolute Gasteiger partial charge is 0.497 e. The second kappa shape index (κ2) is 7.80. The lowest BCUT2D eigenvalue weighted by Crippen LogP contribution is -2.19. The highest BCUT2D eigenvalue weighted by molar-refractivity contribution is 7.99. The molecule has 0 aliphatic rings. The van der Waals surface area contributed by atoms with E-state index in [0.29, 0.717) is 10.5 Å². The van der Waals surface area contributed by atoms with Crippen LogP contribution in [0.15, 0.2) is 87.6 Å². The molecule has 0 bridgehead atoms. The summed E-state index contributed by atoms with van der Waals surface area (Å²) in [6, 6.07) is 22.9. The number of imidazole rings is 1. The van der Waals surface area contributed by atoms with Crippen LogP contribution in [0.3, 0.4) is 0 Å². The minimum absolute atomic E-state index is 0.173. The van der Waals surface area contributed by atoms with E-state index >= 15 is 0 Å². The number of halogens is 1. The smallest absolute Gasteiger partial charge is 0.283 e. The van der Waals surface area contributed by atoms with Gasteiger partial charge in [-0.2, -0.15) is 0 Å². The zero-order valence-electron chi connectivity index (χ0n) is 16.9. The molecule has 7 heteroatoms. The summed E-state index contributed by atoms with van der Waals surface area (Å²) in [6.07, 6.45) is 0. The van der Waals surface area contributed by atoms with Gasteiger partial charge in [-0.3, -0.25) is 9.36 Å². The van der Waals surface area contributed by atoms with Gasteiger partial charge in [-0.25, -0.2) is 4.98 Å². The Hall–Kier alpha value is -3.22. The molecule has 0 aliphatic carbocycles. The third kappa shape index (κ3) is 3.38. The molecule has 2 heterocycles. The van der Waals surface area contributed by atoms with Crippen molar-refractivity contribution in [2.75, 3.05) is 7.11 Å². The SMILES string of the molecule is COc1ccc(Sc2nc3c(=O)n(-c4ccccc4)c4cc(Cl)ccc4c3n2C)cc1. The summed E-state index contributed by atoms with van der Waals surface area (Å²) >= 11 is 7.81. The van der Waals surface area contributed by atoms with E-state index in [1.807, 2.05) is 84.4 Å². The van der Waals surface area contributed by atoms with Crippen molar-refractivity contribution in [1.29, 1.82) is 0 Å². The molecule has 0 saturated heterocycles. The van der Waals surface area contributed by atoms with Crippen molar-refractivity contribution in [1.82, 2.24) is 14.1 Å². The highest BCUT2D eigenvalue weighted by Gasteiger charge is 2.19. The molecule has 5 aromatic rings. The first kappa shape index (κ1) is 19.7. The molecule has 0 aliphatic heterocycles. The number of fused-ring (bicyclic) bond motifs is 3. The van der Waals surface area contributed by atoms with E-state index in [1.54, 1.807) is 11.7 Å². The predicted molar refractivity (Wildman–Crippen MR) is 126 cm³/mol. The first-order valence-corrected chi connectivity index (χ1v) is 10.8. The Morgan fingerprint density at radius 3 is 2.45 bits per heavy atom. The zero-order chi connectivity index (χ0) is 21.5. The summed E-state index contributed by atoms with van der Waals surface area (Å²) in [4.78, 5) is 19.3. The Morgan fingerprint density at radius 1 is 1.00 bits per heavy atom. The number of para-hydroxylation sites is 1. The van der Waals surface area contributed by atoms with Crippen LogP contribution in [-0.2, 0) is 7.05 Å². The Kier molecular flexibility index (Phi) is 4.96. The standard InChI is InChI=1S/C24H18ClN3O2S/c1-27-22-19-13-8-15(25)14-20(19)28(16-6-4-3-5-7-16)23(29)21(22)26-24(27)31-18-11-9-17(30-2)10-12-18/h3-14H,1-2H3. The number of aryl methyl sites for hydroxylation is 1. The molecule has 5 rings (SSSR count). The summed E-state index contributed by atoms with van der Waals surface area (Å²) in [6.45, 7) is 0. The molecule has 0 unspecified atom stereocenters. The van der Waals surface area contributed by atoms with E-state index < -0.39 is 0 Å². The fourth-order valence-electron chi connectivity index (χ4n) is 3.71. The molecule has 0 atom stereocenters. The Bertz CT molecular complexity index is 1480.